The van der Waals surface area contributed by atoms with E-state index in [1.165, 1.54) is 4.90 Å². The molecular weight excluding hydrogens is 324 g/mol. The molecular formula is C18H24N2O5. The van der Waals surface area contributed by atoms with Crippen LogP contribution in [0, 0.1) is 0 Å². The number of carbonyl (C=O) groups excluding carboxylic acids is 2. The number of hydrogen-bond acceptors (Lipinski definition) is 4. The summed E-state index contributed by atoms with van der Waals surface area (Å²) in [6, 6.07) is 6.26. The second-order valence-electron chi connectivity index (χ2n) is 6.07. The van der Waals surface area contributed by atoms with E-state index >= 15 is 0 Å². The Morgan fingerprint density at radius 2 is 2.08 bits per heavy atom. The van der Waals surface area contributed by atoms with Crippen LogP contribution in [-0.2, 0) is 14.4 Å². The Labute approximate surface area is 147 Å². The Hall–Kier alpha value is -2.57. The lowest BCUT2D eigenvalue weighted by atomic mass is 10.1. The van der Waals surface area contributed by atoms with Crippen LogP contribution in [0.3, 0.4) is 0 Å². The van der Waals surface area contributed by atoms with Crippen molar-refractivity contribution in [3.8, 4) is 5.75 Å². The SMILES string of the molecule is CCCC[C@H](NC(=O)CCN1C(=O)C(C)Oc2ccccc21)C(=O)O. The highest BCUT2D eigenvalue weighted by molar-refractivity contribution is 6.00. The highest BCUT2D eigenvalue weighted by Crippen LogP contribution is 2.33. The van der Waals surface area contributed by atoms with Crippen LogP contribution < -0.4 is 15.0 Å². The molecule has 0 aromatic heterocycles. The number of fused-ring (bicyclic) bond motifs is 1. The van der Waals surface area contributed by atoms with Gasteiger partial charge < -0.3 is 20.1 Å². The van der Waals surface area contributed by atoms with E-state index in [-0.39, 0.29) is 24.8 Å². The molecule has 7 nitrogen and oxygen atoms in total. The minimum atomic E-state index is -1.04. The molecule has 0 fully saturated rings. The molecule has 7 heteroatoms. The summed E-state index contributed by atoms with van der Waals surface area (Å²) in [5.74, 6) is -1.04. The third-order valence-electron chi connectivity index (χ3n) is 4.12. The van der Waals surface area contributed by atoms with Gasteiger partial charge in [0, 0.05) is 13.0 Å². The number of ether oxygens (including phenoxy) is 1. The number of carboxylic acids is 1. The van der Waals surface area contributed by atoms with E-state index < -0.39 is 18.1 Å². The average Bonchev–Trinajstić information content (AvgIpc) is 2.58. The van der Waals surface area contributed by atoms with Crippen molar-refractivity contribution in [1.29, 1.82) is 0 Å². The average molecular weight is 348 g/mol. The number of carboxylic acid groups (broad SMARTS) is 1. The van der Waals surface area contributed by atoms with Crippen molar-refractivity contribution in [2.24, 2.45) is 0 Å². The molecule has 2 atom stereocenters. The van der Waals surface area contributed by atoms with Crippen molar-refractivity contribution in [1.82, 2.24) is 5.32 Å². The van der Waals surface area contributed by atoms with Crippen molar-refractivity contribution < 1.29 is 24.2 Å². The summed E-state index contributed by atoms with van der Waals surface area (Å²) in [5, 5.41) is 11.7. The Bertz CT molecular complexity index is 646. The molecule has 1 aromatic carbocycles. The van der Waals surface area contributed by atoms with Crippen LogP contribution >= 0.6 is 0 Å². The molecule has 1 heterocycles. The molecule has 1 unspecified atom stereocenters. The summed E-state index contributed by atoms with van der Waals surface area (Å²) in [6.45, 7) is 3.80. The van der Waals surface area contributed by atoms with Crippen molar-refractivity contribution in [3.05, 3.63) is 24.3 Å². The summed E-state index contributed by atoms with van der Waals surface area (Å²) in [7, 11) is 0. The van der Waals surface area contributed by atoms with E-state index in [1.807, 2.05) is 13.0 Å². The van der Waals surface area contributed by atoms with Crippen LogP contribution in [0.25, 0.3) is 0 Å². The number of nitrogens with zero attached hydrogens (tertiary/aromatic N) is 1. The molecule has 1 aromatic rings. The summed E-state index contributed by atoms with van der Waals surface area (Å²) < 4.78 is 5.55. The number of benzene rings is 1. The maximum absolute atomic E-state index is 12.3. The molecule has 0 saturated carbocycles. The number of hydrogen-bond donors (Lipinski definition) is 2. The van der Waals surface area contributed by atoms with Crippen molar-refractivity contribution in [3.63, 3.8) is 0 Å². The van der Waals surface area contributed by atoms with Crippen molar-refractivity contribution in [2.75, 3.05) is 11.4 Å². The molecule has 1 aliphatic heterocycles. The maximum atomic E-state index is 12.3. The molecule has 0 bridgehead atoms. The fraction of sp³-hybridized carbons (Fsp3) is 0.500. The number of rotatable bonds is 8. The predicted molar refractivity (Wildman–Crippen MR) is 92.6 cm³/mol. The predicted octanol–water partition coefficient (Wildman–Crippen LogP) is 1.95. The number of carbonyl (C=O) groups is 3. The Balaban J connectivity index is 1.99. The lowest BCUT2D eigenvalue weighted by molar-refractivity contribution is -0.142. The first-order chi connectivity index (χ1) is 11.9. The lowest BCUT2D eigenvalue weighted by Gasteiger charge is -2.32. The quantitative estimate of drug-likeness (QED) is 0.748. The van der Waals surface area contributed by atoms with Crippen LogP contribution in [-0.4, -0.2) is 41.6 Å². The Morgan fingerprint density at radius 3 is 2.76 bits per heavy atom. The van der Waals surface area contributed by atoms with Gasteiger partial charge in [0.2, 0.25) is 5.91 Å². The van der Waals surface area contributed by atoms with Crippen LogP contribution in [0.5, 0.6) is 5.75 Å². The van der Waals surface area contributed by atoms with Gasteiger partial charge in [-0.25, -0.2) is 4.79 Å². The van der Waals surface area contributed by atoms with E-state index in [4.69, 9.17) is 4.74 Å². The van der Waals surface area contributed by atoms with Gasteiger partial charge in [-0.1, -0.05) is 31.9 Å². The number of amides is 2. The second-order valence-corrected chi connectivity index (χ2v) is 6.07. The summed E-state index contributed by atoms with van der Waals surface area (Å²) in [4.78, 5) is 37.2. The lowest BCUT2D eigenvalue weighted by Crippen LogP contribution is -2.47. The zero-order valence-electron chi connectivity index (χ0n) is 14.5. The fourth-order valence-corrected chi connectivity index (χ4v) is 2.73. The molecule has 1 aliphatic rings. The monoisotopic (exact) mass is 348 g/mol. The minimum absolute atomic E-state index is 0.0305. The molecule has 2 N–H and O–H groups in total. The Morgan fingerprint density at radius 1 is 1.36 bits per heavy atom. The summed E-state index contributed by atoms with van der Waals surface area (Å²) in [6.07, 6.45) is 1.39. The molecule has 2 rings (SSSR count). The summed E-state index contributed by atoms with van der Waals surface area (Å²) in [5.41, 5.74) is 0.624. The van der Waals surface area contributed by atoms with E-state index in [0.717, 1.165) is 12.8 Å². The standard InChI is InChI=1S/C18H24N2O5/c1-3-4-7-13(18(23)24)19-16(21)10-11-20-14-8-5-6-9-15(14)25-12(2)17(20)22/h5-6,8-9,12-13H,3-4,7,10-11H2,1-2H3,(H,19,21)(H,23,24)/t12?,13-/m0/s1. The van der Waals surface area contributed by atoms with Gasteiger partial charge in [0.15, 0.2) is 6.10 Å². The zero-order valence-corrected chi connectivity index (χ0v) is 14.5. The molecule has 0 radical (unpaired) electrons. The third kappa shape index (κ3) is 4.71. The molecule has 25 heavy (non-hydrogen) atoms. The molecule has 136 valence electrons. The Kier molecular flexibility index (Phi) is 6.38. The van der Waals surface area contributed by atoms with Crippen molar-refractivity contribution >= 4 is 23.5 Å². The van der Waals surface area contributed by atoms with Gasteiger partial charge in [0.05, 0.1) is 5.69 Å². The van der Waals surface area contributed by atoms with Crippen molar-refractivity contribution in [2.45, 2.75) is 51.7 Å². The van der Waals surface area contributed by atoms with Gasteiger partial charge in [0.1, 0.15) is 11.8 Å². The molecule has 0 saturated heterocycles. The number of anilines is 1. The minimum Gasteiger partial charge on any atom is -0.480 e. The topological polar surface area (TPSA) is 95.9 Å². The third-order valence-corrected chi connectivity index (χ3v) is 4.12. The van der Waals surface area contributed by atoms with Crippen LogP contribution in [0.2, 0.25) is 0 Å². The highest BCUT2D eigenvalue weighted by Gasteiger charge is 2.31. The van der Waals surface area contributed by atoms with Crippen LogP contribution in [0.15, 0.2) is 24.3 Å². The smallest absolute Gasteiger partial charge is 0.326 e. The maximum Gasteiger partial charge on any atom is 0.326 e. The number of para-hydroxylation sites is 2. The van der Waals surface area contributed by atoms with E-state index in [9.17, 15) is 19.5 Å². The molecule has 0 aliphatic carbocycles. The van der Waals surface area contributed by atoms with Gasteiger partial charge in [-0.05, 0) is 25.5 Å². The normalized spacial score (nSPS) is 17.4. The fourth-order valence-electron chi connectivity index (χ4n) is 2.73. The highest BCUT2D eigenvalue weighted by atomic mass is 16.5. The number of aliphatic carboxylic acids is 1. The van der Waals surface area contributed by atoms with E-state index in [2.05, 4.69) is 5.32 Å². The first-order valence-electron chi connectivity index (χ1n) is 8.53. The molecule has 2 amide bonds. The van der Waals surface area contributed by atoms with Gasteiger partial charge in [-0.3, -0.25) is 9.59 Å². The van der Waals surface area contributed by atoms with Crippen LogP contribution in [0.1, 0.15) is 39.5 Å². The number of nitrogens with one attached hydrogen (secondary N) is 1. The van der Waals surface area contributed by atoms with Gasteiger partial charge in [0.25, 0.3) is 5.91 Å². The van der Waals surface area contributed by atoms with E-state index in [0.29, 0.717) is 17.9 Å². The first-order valence-corrected chi connectivity index (χ1v) is 8.53. The summed E-state index contributed by atoms with van der Waals surface area (Å²) >= 11 is 0. The molecule has 0 spiro atoms. The first kappa shape index (κ1) is 18.8. The van der Waals surface area contributed by atoms with E-state index in [1.54, 1.807) is 25.1 Å². The van der Waals surface area contributed by atoms with Gasteiger partial charge in [-0.2, -0.15) is 0 Å². The van der Waals surface area contributed by atoms with Crippen LogP contribution in [0.4, 0.5) is 5.69 Å². The zero-order chi connectivity index (χ0) is 18.4. The number of unbranched alkanes of at least 4 members (excludes halogenated alkanes) is 1. The largest absolute Gasteiger partial charge is 0.480 e. The van der Waals surface area contributed by atoms with Gasteiger partial charge in [-0.15, -0.1) is 0 Å². The second kappa shape index (κ2) is 8.50. The van der Waals surface area contributed by atoms with Gasteiger partial charge >= 0.3 is 5.97 Å².